The molecule has 0 aliphatic carbocycles. The van der Waals surface area contributed by atoms with Gasteiger partial charge in [0, 0.05) is 17.8 Å². The van der Waals surface area contributed by atoms with E-state index in [4.69, 9.17) is 9.47 Å². The minimum Gasteiger partial charge on any atom is -0.497 e. The van der Waals surface area contributed by atoms with Crippen molar-refractivity contribution in [3.63, 3.8) is 0 Å². The number of amides is 1. The standard InChI is InChI=1S/C13H15N3O3/c1-18-11-4-3-9(12(6-11)19-2)5-13(17)16-10-7-14-15-8-10/h3-4,6-8H,5H2,1-2H3,(H,14,15)(H,16,17). The number of hydrogen-bond acceptors (Lipinski definition) is 4. The van der Waals surface area contributed by atoms with Crippen molar-refractivity contribution in [2.24, 2.45) is 0 Å². The molecule has 0 spiro atoms. The number of rotatable bonds is 5. The summed E-state index contributed by atoms with van der Waals surface area (Å²) in [6, 6.07) is 5.36. The molecule has 2 N–H and O–H groups in total. The molecular weight excluding hydrogens is 246 g/mol. The SMILES string of the molecule is COc1ccc(CC(=O)Nc2cn[nH]c2)c(OC)c1. The summed E-state index contributed by atoms with van der Waals surface area (Å²) in [5, 5.41) is 9.12. The topological polar surface area (TPSA) is 76.2 Å². The summed E-state index contributed by atoms with van der Waals surface area (Å²) in [4.78, 5) is 11.9. The summed E-state index contributed by atoms with van der Waals surface area (Å²) in [5.74, 6) is 1.18. The molecule has 1 heterocycles. The first-order valence-corrected chi connectivity index (χ1v) is 5.72. The number of benzene rings is 1. The number of nitrogens with zero attached hydrogens (tertiary/aromatic N) is 1. The Kier molecular flexibility index (Phi) is 4.02. The van der Waals surface area contributed by atoms with Gasteiger partial charge in [0.1, 0.15) is 11.5 Å². The summed E-state index contributed by atoms with van der Waals surface area (Å²) >= 11 is 0. The first-order chi connectivity index (χ1) is 9.22. The third-order valence-electron chi connectivity index (χ3n) is 2.63. The molecule has 2 aromatic rings. The van der Waals surface area contributed by atoms with E-state index in [1.807, 2.05) is 6.07 Å². The zero-order valence-electron chi connectivity index (χ0n) is 10.8. The number of nitrogens with one attached hydrogen (secondary N) is 2. The summed E-state index contributed by atoms with van der Waals surface area (Å²) in [6.07, 6.45) is 3.38. The van der Waals surface area contributed by atoms with E-state index in [9.17, 15) is 4.79 Å². The van der Waals surface area contributed by atoms with Crippen LogP contribution in [0.25, 0.3) is 0 Å². The van der Waals surface area contributed by atoms with Crippen LogP contribution in [0.15, 0.2) is 30.6 Å². The highest BCUT2D eigenvalue weighted by Crippen LogP contribution is 2.25. The van der Waals surface area contributed by atoms with E-state index >= 15 is 0 Å². The predicted molar refractivity (Wildman–Crippen MR) is 70.5 cm³/mol. The normalized spacial score (nSPS) is 10.0. The average Bonchev–Trinajstić information content (AvgIpc) is 2.91. The van der Waals surface area contributed by atoms with E-state index in [-0.39, 0.29) is 12.3 Å². The molecule has 0 saturated heterocycles. The van der Waals surface area contributed by atoms with Gasteiger partial charge in [-0.2, -0.15) is 5.10 Å². The molecule has 1 aromatic carbocycles. The molecule has 0 bridgehead atoms. The van der Waals surface area contributed by atoms with Crippen LogP contribution in [0.1, 0.15) is 5.56 Å². The Balaban J connectivity index is 2.07. The van der Waals surface area contributed by atoms with Crippen LogP contribution in [0.4, 0.5) is 5.69 Å². The Bertz CT molecular complexity index is 552. The molecule has 19 heavy (non-hydrogen) atoms. The molecular formula is C13H15N3O3. The van der Waals surface area contributed by atoms with Crippen molar-refractivity contribution in [2.45, 2.75) is 6.42 Å². The zero-order valence-corrected chi connectivity index (χ0v) is 10.8. The fourth-order valence-electron chi connectivity index (χ4n) is 1.70. The van der Waals surface area contributed by atoms with E-state index in [1.165, 1.54) is 0 Å². The highest BCUT2D eigenvalue weighted by Gasteiger charge is 2.10. The zero-order chi connectivity index (χ0) is 13.7. The molecule has 0 radical (unpaired) electrons. The monoisotopic (exact) mass is 261 g/mol. The second kappa shape index (κ2) is 5.90. The van der Waals surface area contributed by atoms with Crippen molar-refractivity contribution in [1.29, 1.82) is 0 Å². The van der Waals surface area contributed by atoms with Gasteiger partial charge in [0.15, 0.2) is 0 Å². The van der Waals surface area contributed by atoms with Gasteiger partial charge < -0.3 is 14.8 Å². The number of methoxy groups -OCH3 is 2. The fraction of sp³-hybridized carbons (Fsp3) is 0.231. The molecule has 0 saturated carbocycles. The van der Waals surface area contributed by atoms with Crippen LogP contribution >= 0.6 is 0 Å². The van der Waals surface area contributed by atoms with E-state index in [2.05, 4.69) is 15.5 Å². The maximum absolute atomic E-state index is 11.9. The van der Waals surface area contributed by atoms with Gasteiger partial charge in [-0.25, -0.2) is 0 Å². The predicted octanol–water partition coefficient (Wildman–Crippen LogP) is 1.61. The van der Waals surface area contributed by atoms with Crippen molar-refractivity contribution >= 4 is 11.6 Å². The maximum Gasteiger partial charge on any atom is 0.229 e. The molecule has 6 heteroatoms. The molecule has 0 atom stereocenters. The lowest BCUT2D eigenvalue weighted by molar-refractivity contribution is -0.115. The minimum absolute atomic E-state index is 0.134. The van der Waals surface area contributed by atoms with Crippen molar-refractivity contribution in [3.8, 4) is 11.5 Å². The number of ether oxygens (including phenoxy) is 2. The van der Waals surface area contributed by atoms with Crippen LogP contribution in [0, 0.1) is 0 Å². The van der Waals surface area contributed by atoms with Crippen molar-refractivity contribution in [2.75, 3.05) is 19.5 Å². The maximum atomic E-state index is 11.9. The van der Waals surface area contributed by atoms with Crippen molar-refractivity contribution < 1.29 is 14.3 Å². The first-order valence-electron chi connectivity index (χ1n) is 5.72. The largest absolute Gasteiger partial charge is 0.497 e. The van der Waals surface area contributed by atoms with Gasteiger partial charge in [-0.3, -0.25) is 9.89 Å². The summed E-state index contributed by atoms with van der Waals surface area (Å²) in [7, 11) is 3.15. The average molecular weight is 261 g/mol. The number of aromatic amines is 1. The van der Waals surface area contributed by atoms with Gasteiger partial charge in [0.05, 0.1) is 32.5 Å². The molecule has 0 aliphatic rings. The highest BCUT2D eigenvalue weighted by atomic mass is 16.5. The Morgan fingerprint density at radius 1 is 1.37 bits per heavy atom. The van der Waals surface area contributed by atoms with E-state index < -0.39 is 0 Å². The van der Waals surface area contributed by atoms with Gasteiger partial charge in [0.2, 0.25) is 5.91 Å². The fourth-order valence-corrected chi connectivity index (χ4v) is 1.70. The number of H-pyrrole nitrogens is 1. The molecule has 6 nitrogen and oxygen atoms in total. The van der Waals surface area contributed by atoms with E-state index in [1.54, 1.807) is 38.7 Å². The van der Waals surface area contributed by atoms with Crippen LogP contribution in [-0.4, -0.2) is 30.3 Å². The molecule has 0 unspecified atom stereocenters. The van der Waals surface area contributed by atoms with Crippen LogP contribution in [-0.2, 0) is 11.2 Å². The molecule has 100 valence electrons. The second-order valence-corrected chi connectivity index (χ2v) is 3.89. The Labute approximate surface area is 110 Å². The van der Waals surface area contributed by atoms with Gasteiger partial charge >= 0.3 is 0 Å². The quantitative estimate of drug-likeness (QED) is 0.857. The van der Waals surface area contributed by atoms with E-state index in [0.717, 1.165) is 5.56 Å². The van der Waals surface area contributed by atoms with Crippen LogP contribution in [0.5, 0.6) is 11.5 Å². The lowest BCUT2D eigenvalue weighted by Crippen LogP contribution is -2.14. The number of aromatic nitrogens is 2. The summed E-state index contributed by atoms with van der Waals surface area (Å²) in [5.41, 5.74) is 1.43. The van der Waals surface area contributed by atoms with Gasteiger partial charge in [-0.05, 0) is 6.07 Å². The van der Waals surface area contributed by atoms with Crippen LogP contribution in [0.2, 0.25) is 0 Å². The smallest absolute Gasteiger partial charge is 0.229 e. The van der Waals surface area contributed by atoms with Crippen LogP contribution < -0.4 is 14.8 Å². The molecule has 0 fully saturated rings. The number of anilines is 1. The Morgan fingerprint density at radius 2 is 2.21 bits per heavy atom. The van der Waals surface area contributed by atoms with Gasteiger partial charge in [-0.15, -0.1) is 0 Å². The van der Waals surface area contributed by atoms with E-state index in [0.29, 0.717) is 17.2 Å². The first kappa shape index (κ1) is 12.9. The number of hydrogen-bond donors (Lipinski definition) is 2. The Morgan fingerprint density at radius 3 is 2.84 bits per heavy atom. The second-order valence-electron chi connectivity index (χ2n) is 3.89. The van der Waals surface area contributed by atoms with Crippen molar-refractivity contribution in [1.82, 2.24) is 10.2 Å². The lowest BCUT2D eigenvalue weighted by Gasteiger charge is -2.10. The molecule has 2 rings (SSSR count). The van der Waals surface area contributed by atoms with Crippen LogP contribution in [0.3, 0.4) is 0 Å². The highest BCUT2D eigenvalue weighted by molar-refractivity contribution is 5.92. The Hall–Kier alpha value is -2.50. The molecule has 1 amide bonds. The summed E-state index contributed by atoms with van der Waals surface area (Å²) in [6.45, 7) is 0. The number of carbonyl (C=O) groups is 1. The molecule has 0 aliphatic heterocycles. The summed E-state index contributed by atoms with van der Waals surface area (Å²) < 4.78 is 10.4. The number of carbonyl (C=O) groups excluding carboxylic acids is 1. The molecule has 1 aromatic heterocycles. The van der Waals surface area contributed by atoms with Crippen molar-refractivity contribution in [3.05, 3.63) is 36.2 Å². The van der Waals surface area contributed by atoms with Gasteiger partial charge in [0.25, 0.3) is 0 Å². The van der Waals surface area contributed by atoms with Gasteiger partial charge in [-0.1, -0.05) is 6.07 Å². The minimum atomic E-state index is -0.134. The third-order valence-corrected chi connectivity index (χ3v) is 2.63. The third kappa shape index (κ3) is 3.25. The lowest BCUT2D eigenvalue weighted by atomic mass is 10.1.